The molecule has 3 N–H and O–H groups in total. The van der Waals surface area contributed by atoms with E-state index in [-0.39, 0.29) is 17.9 Å². The summed E-state index contributed by atoms with van der Waals surface area (Å²) in [4.78, 5) is 11.7. The number of para-hydroxylation sites is 1. The van der Waals surface area contributed by atoms with Crippen LogP contribution in [0.5, 0.6) is 11.5 Å². The topological polar surface area (TPSA) is 96.2 Å². The number of aliphatic hydroxyl groups excluding tert-OH is 1. The van der Waals surface area contributed by atoms with E-state index in [1.165, 1.54) is 18.2 Å². The van der Waals surface area contributed by atoms with Gasteiger partial charge in [0.15, 0.2) is 11.5 Å². The molecule has 0 fully saturated rings. The second-order valence-electron chi connectivity index (χ2n) is 3.85. The number of phenolic OH excluding ortho intramolecular Hbond substituents is 2. The van der Waals surface area contributed by atoms with Crippen LogP contribution in [0.15, 0.2) is 42.1 Å². The van der Waals surface area contributed by atoms with E-state index in [0.29, 0.717) is 12.2 Å². The van der Waals surface area contributed by atoms with Crippen molar-refractivity contribution in [1.29, 1.82) is 0 Å². The van der Waals surface area contributed by atoms with Crippen molar-refractivity contribution in [2.75, 3.05) is 6.61 Å². The Morgan fingerprint density at radius 1 is 1.32 bits per heavy atom. The molecule has 6 nitrogen and oxygen atoms in total. The van der Waals surface area contributed by atoms with Crippen LogP contribution in [-0.2, 0) is 9.47 Å². The number of benzene rings is 1. The highest BCUT2D eigenvalue weighted by atomic mass is 16.6. The number of hydrogen-bond donors (Lipinski definition) is 3. The summed E-state index contributed by atoms with van der Waals surface area (Å²) in [5.74, 6) is -1.23. The van der Waals surface area contributed by atoms with Crippen LogP contribution in [0.3, 0.4) is 0 Å². The Balaban J connectivity index is 1.97. The van der Waals surface area contributed by atoms with Gasteiger partial charge in [-0.15, -0.1) is 0 Å². The van der Waals surface area contributed by atoms with E-state index in [2.05, 4.69) is 0 Å². The van der Waals surface area contributed by atoms with Gasteiger partial charge in [-0.1, -0.05) is 6.07 Å². The fraction of sp³-hybridized carbons (Fsp3) is 0.154. The molecule has 0 atom stereocenters. The minimum Gasteiger partial charge on any atom is -0.509 e. The molecule has 19 heavy (non-hydrogen) atoms. The lowest BCUT2D eigenvalue weighted by molar-refractivity contribution is 0.0487. The maximum Gasteiger partial charge on any atom is 0.342 e. The Labute approximate surface area is 108 Å². The van der Waals surface area contributed by atoms with Gasteiger partial charge in [0.2, 0.25) is 0 Å². The molecule has 0 radical (unpaired) electrons. The van der Waals surface area contributed by atoms with Crippen molar-refractivity contribution >= 4 is 5.97 Å². The molecule has 0 bridgehead atoms. The number of allylic oxidation sites excluding steroid dienone is 1. The van der Waals surface area contributed by atoms with Crippen molar-refractivity contribution in [3.05, 3.63) is 47.6 Å². The van der Waals surface area contributed by atoms with E-state index >= 15 is 0 Å². The van der Waals surface area contributed by atoms with E-state index in [4.69, 9.17) is 14.6 Å². The zero-order valence-electron chi connectivity index (χ0n) is 9.87. The van der Waals surface area contributed by atoms with Gasteiger partial charge in [-0.2, -0.15) is 0 Å². The molecule has 0 unspecified atom stereocenters. The number of carbonyl (C=O) groups excluding carboxylic acids is 1. The predicted molar refractivity (Wildman–Crippen MR) is 64.6 cm³/mol. The maximum atomic E-state index is 11.7. The number of hydrogen-bond acceptors (Lipinski definition) is 6. The standard InChI is InChI=1S/C13H12O6/c14-8-4-5-9(18-6-8)7-19-13(17)10-2-1-3-11(15)12(10)16/h1-3,5-6,14-16H,4,7H2. The molecule has 1 aromatic carbocycles. The lowest BCUT2D eigenvalue weighted by atomic mass is 10.2. The Morgan fingerprint density at radius 2 is 2.11 bits per heavy atom. The summed E-state index contributed by atoms with van der Waals surface area (Å²) in [5.41, 5.74) is -0.130. The van der Waals surface area contributed by atoms with Gasteiger partial charge >= 0.3 is 5.97 Å². The SMILES string of the molecule is O=C(OCC1=CCC(O)=CO1)c1cccc(O)c1O. The summed E-state index contributed by atoms with van der Waals surface area (Å²) in [6.07, 6.45) is 3.05. The third-order valence-electron chi connectivity index (χ3n) is 2.47. The second kappa shape index (κ2) is 5.34. The molecular weight excluding hydrogens is 252 g/mol. The number of carbonyl (C=O) groups is 1. The monoisotopic (exact) mass is 264 g/mol. The van der Waals surface area contributed by atoms with Gasteiger partial charge in [-0.25, -0.2) is 4.79 Å². The molecule has 1 heterocycles. The van der Waals surface area contributed by atoms with Crippen molar-refractivity contribution in [2.45, 2.75) is 6.42 Å². The molecule has 0 saturated carbocycles. The summed E-state index contributed by atoms with van der Waals surface area (Å²) in [5, 5.41) is 27.8. The molecule has 100 valence electrons. The highest BCUT2D eigenvalue weighted by Crippen LogP contribution is 2.28. The lowest BCUT2D eigenvalue weighted by Gasteiger charge is -2.12. The highest BCUT2D eigenvalue weighted by molar-refractivity contribution is 5.93. The third kappa shape index (κ3) is 2.98. The third-order valence-corrected chi connectivity index (χ3v) is 2.47. The van der Waals surface area contributed by atoms with Gasteiger partial charge < -0.3 is 24.8 Å². The highest BCUT2D eigenvalue weighted by Gasteiger charge is 2.16. The van der Waals surface area contributed by atoms with Crippen molar-refractivity contribution in [2.24, 2.45) is 0 Å². The molecule has 0 aliphatic carbocycles. The first-order valence-electron chi connectivity index (χ1n) is 5.49. The van der Waals surface area contributed by atoms with Crippen molar-refractivity contribution in [3.63, 3.8) is 0 Å². The van der Waals surface area contributed by atoms with Crippen LogP contribution in [0.1, 0.15) is 16.8 Å². The van der Waals surface area contributed by atoms with Gasteiger partial charge in [0.25, 0.3) is 0 Å². The number of esters is 1. The van der Waals surface area contributed by atoms with E-state index < -0.39 is 17.5 Å². The van der Waals surface area contributed by atoms with Crippen LogP contribution >= 0.6 is 0 Å². The van der Waals surface area contributed by atoms with Gasteiger partial charge in [0.1, 0.15) is 30.0 Å². The Morgan fingerprint density at radius 3 is 2.79 bits per heavy atom. The van der Waals surface area contributed by atoms with Crippen LogP contribution in [0.25, 0.3) is 0 Å². The molecule has 0 amide bonds. The zero-order valence-corrected chi connectivity index (χ0v) is 9.87. The van der Waals surface area contributed by atoms with Crippen LogP contribution in [0.4, 0.5) is 0 Å². The average Bonchev–Trinajstić information content (AvgIpc) is 2.41. The first-order valence-corrected chi connectivity index (χ1v) is 5.49. The first kappa shape index (κ1) is 12.8. The van der Waals surface area contributed by atoms with E-state index in [0.717, 1.165) is 6.26 Å². The van der Waals surface area contributed by atoms with E-state index in [1.54, 1.807) is 6.08 Å². The molecule has 1 aromatic rings. The van der Waals surface area contributed by atoms with Crippen LogP contribution in [0.2, 0.25) is 0 Å². The van der Waals surface area contributed by atoms with Crippen molar-refractivity contribution in [3.8, 4) is 11.5 Å². The van der Waals surface area contributed by atoms with Gasteiger partial charge in [-0.3, -0.25) is 0 Å². The van der Waals surface area contributed by atoms with Crippen LogP contribution < -0.4 is 0 Å². The normalized spacial score (nSPS) is 14.1. The zero-order chi connectivity index (χ0) is 13.8. The molecule has 0 saturated heterocycles. The summed E-state index contributed by atoms with van der Waals surface area (Å²) in [6.45, 7) is -0.127. The fourth-order valence-corrected chi connectivity index (χ4v) is 1.46. The minimum atomic E-state index is -0.781. The number of phenols is 2. The van der Waals surface area contributed by atoms with Crippen molar-refractivity contribution in [1.82, 2.24) is 0 Å². The molecule has 0 aromatic heterocycles. The summed E-state index contributed by atoms with van der Waals surface area (Å²) >= 11 is 0. The first-order chi connectivity index (χ1) is 9.08. The van der Waals surface area contributed by atoms with E-state index in [9.17, 15) is 15.0 Å². The number of aliphatic hydroxyl groups is 1. The minimum absolute atomic E-state index is 0.0840. The molecule has 6 heteroatoms. The van der Waals surface area contributed by atoms with Crippen LogP contribution in [0, 0.1) is 0 Å². The predicted octanol–water partition coefficient (Wildman–Crippen LogP) is 1.96. The maximum absolute atomic E-state index is 11.7. The van der Waals surface area contributed by atoms with Gasteiger partial charge in [0.05, 0.1) is 0 Å². The molecule has 2 rings (SSSR count). The smallest absolute Gasteiger partial charge is 0.342 e. The number of rotatable bonds is 3. The van der Waals surface area contributed by atoms with Crippen LogP contribution in [-0.4, -0.2) is 27.9 Å². The summed E-state index contributed by atoms with van der Waals surface area (Å²) in [7, 11) is 0. The summed E-state index contributed by atoms with van der Waals surface area (Å²) in [6, 6.07) is 4.01. The molecule has 0 spiro atoms. The fourth-order valence-electron chi connectivity index (χ4n) is 1.46. The Hall–Kier alpha value is -2.63. The Kier molecular flexibility index (Phi) is 3.61. The quantitative estimate of drug-likeness (QED) is 0.570. The van der Waals surface area contributed by atoms with Gasteiger partial charge in [-0.05, 0) is 18.2 Å². The largest absolute Gasteiger partial charge is 0.509 e. The summed E-state index contributed by atoms with van der Waals surface area (Å²) < 4.78 is 9.91. The number of ether oxygens (including phenoxy) is 2. The average molecular weight is 264 g/mol. The molecular formula is C13H12O6. The van der Waals surface area contributed by atoms with E-state index in [1.807, 2.05) is 0 Å². The lowest BCUT2D eigenvalue weighted by Crippen LogP contribution is -2.10. The van der Waals surface area contributed by atoms with Gasteiger partial charge in [0, 0.05) is 6.42 Å². The number of aromatic hydroxyl groups is 2. The second-order valence-corrected chi connectivity index (χ2v) is 3.85. The Bertz CT molecular complexity index is 558. The molecule has 1 aliphatic heterocycles. The molecule has 1 aliphatic rings. The van der Waals surface area contributed by atoms with Crippen molar-refractivity contribution < 1.29 is 29.6 Å².